The van der Waals surface area contributed by atoms with E-state index in [9.17, 15) is 38.4 Å². The Morgan fingerprint density at radius 3 is 1.19 bits per heavy atom. The van der Waals surface area contributed by atoms with Gasteiger partial charge in [0.1, 0.15) is 39.6 Å². The fourth-order valence-corrected chi connectivity index (χ4v) is 2.64. The smallest absolute Gasteiger partial charge is 0.464 e. The highest BCUT2D eigenvalue weighted by Crippen LogP contribution is 1.92. The minimum atomic E-state index is -0.798. The molecule has 316 valence electrons. The van der Waals surface area contributed by atoms with E-state index in [1.165, 1.54) is 21.3 Å². The van der Waals surface area contributed by atoms with Gasteiger partial charge in [-0.25, -0.2) is 14.4 Å². The predicted octanol–water partition coefficient (Wildman–Crippen LogP) is -3.99. The van der Waals surface area contributed by atoms with Crippen molar-refractivity contribution in [1.29, 1.82) is 0 Å². The number of aliphatic hydroxyl groups excluding tert-OH is 4. The number of aliphatic hydroxyl groups is 4. The quantitative estimate of drug-likeness (QED) is 0.0268. The van der Waals surface area contributed by atoms with Crippen LogP contribution in [0.25, 0.3) is 0 Å². The molecule has 0 aromatic rings. The lowest BCUT2D eigenvalue weighted by Crippen LogP contribution is -2.31. The number of amides is 6. The second kappa shape index (κ2) is 44.1. The van der Waals surface area contributed by atoms with E-state index < -0.39 is 62.5 Å². The van der Waals surface area contributed by atoms with Gasteiger partial charge in [-0.1, -0.05) is 6.92 Å². The third kappa shape index (κ3) is 49.1. The fraction of sp³-hybridized carbons (Fsp3) is 0.733. The molecule has 0 aliphatic heterocycles. The monoisotopic (exact) mass is 790 g/mol. The lowest BCUT2D eigenvalue weighted by atomic mass is 10.2. The minimum Gasteiger partial charge on any atom is -0.464 e. The number of hydrogen-bond donors (Lipinski definition) is 10. The molecule has 0 saturated heterocycles. The SMILES string of the molecule is CCC(=O)OCCNC(=O)CO.COC(=O)NCCCCCNC(=O)CO.COC(=O)NCCOCCNC(=O)CO.COC(=O)OCCNC(=O)CO. The van der Waals surface area contributed by atoms with Gasteiger partial charge >= 0.3 is 24.3 Å². The van der Waals surface area contributed by atoms with Gasteiger partial charge in [0, 0.05) is 32.6 Å². The van der Waals surface area contributed by atoms with Crippen LogP contribution in [0.4, 0.5) is 14.4 Å². The van der Waals surface area contributed by atoms with Crippen molar-refractivity contribution >= 4 is 47.9 Å². The summed E-state index contributed by atoms with van der Waals surface area (Å²) in [6, 6.07) is 0. The molecule has 0 aliphatic rings. The van der Waals surface area contributed by atoms with Crippen LogP contribution in [-0.2, 0) is 52.4 Å². The molecular formula is C30H58N6O18. The minimum absolute atomic E-state index is 0.0262. The summed E-state index contributed by atoms with van der Waals surface area (Å²) in [7, 11) is 3.79. The van der Waals surface area contributed by atoms with Crippen LogP contribution in [0.2, 0.25) is 0 Å². The van der Waals surface area contributed by atoms with E-state index in [0.717, 1.165) is 19.3 Å². The first-order chi connectivity index (χ1) is 25.8. The van der Waals surface area contributed by atoms with E-state index in [-0.39, 0.29) is 38.2 Å². The maximum Gasteiger partial charge on any atom is 0.508 e. The van der Waals surface area contributed by atoms with Crippen molar-refractivity contribution in [2.24, 2.45) is 0 Å². The van der Waals surface area contributed by atoms with Crippen LogP contribution in [-0.4, -0.2) is 182 Å². The molecule has 10 N–H and O–H groups in total. The number of carbonyl (C=O) groups excluding carboxylic acids is 8. The summed E-state index contributed by atoms with van der Waals surface area (Å²) in [5.74, 6) is -2.08. The molecule has 6 amide bonds. The van der Waals surface area contributed by atoms with Crippen molar-refractivity contribution in [1.82, 2.24) is 31.9 Å². The molecule has 0 aromatic carbocycles. The second-order valence-corrected chi connectivity index (χ2v) is 9.42. The second-order valence-electron chi connectivity index (χ2n) is 9.42. The van der Waals surface area contributed by atoms with E-state index in [0.29, 0.717) is 45.8 Å². The Labute approximate surface area is 313 Å². The molecule has 0 bridgehead atoms. The van der Waals surface area contributed by atoms with E-state index >= 15 is 0 Å². The number of ether oxygens (including phenoxy) is 6. The van der Waals surface area contributed by atoms with Crippen molar-refractivity contribution in [3.63, 3.8) is 0 Å². The summed E-state index contributed by atoms with van der Waals surface area (Å²) in [5, 5.41) is 47.8. The summed E-state index contributed by atoms with van der Waals surface area (Å²) in [4.78, 5) is 84.0. The number of carbonyl (C=O) groups is 8. The third-order valence-corrected chi connectivity index (χ3v) is 5.26. The topological polar surface area (TPSA) is 345 Å². The Hall–Kier alpha value is -5.04. The van der Waals surface area contributed by atoms with Crippen LogP contribution in [0, 0.1) is 0 Å². The lowest BCUT2D eigenvalue weighted by Gasteiger charge is -2.06. The van der Waals surface area contributed by atoms with E-state index in [1.807, 2.05) is 0 Å². The van der Waals surface area contributed by atoms with Crippen LogP contribution in [0.15, 0.2) is 0 Å². The standard InChI is InChI=1S/C9H18N2O4.C8H16N2O5.C7H13NO4.C6H11NO5/c1-15-9(14)11-6-4-2-3-5-10-8(13)7-12;1-14-8(13)10-3-5-15-4-2-9-7(12)6-11;1-2-7(11)12-4-3-8-6(10)5-9;1-11-6(10)12-3-2-7-5(9)4-8/h12H,2-7H2,1H3,(H,10,13)(H,11,14);11H,2-6H2,1H3,(H,9,12)(H,10,13);9H,2-5H2,1H3,(H,8,10);8H,2-4H2,1H3,(H,7,9). The molecule has 0 unspecified atom stereocenters. The van der Waals surface area contributed by atoms with Crippen LogP contribution in [0.1, 0.15) is 32.6 Å². The van der Waals surface area contributed by atoms with E-state index in [4.69, 9.17) is 25.2 Å². The van der Waals surface area contributed by atoms with E-state index in [2.05, 4.69) is 55.6 Å². The van der Waals surface area contributed by atoms with Gasteiger partial charge in [0.15, 0.2) is 0 Å². The first-order valence-corrected chi connectivity index (χ1v) is 16.4. The number of unbranched alkanes of at least 4 members (excludes halogenated alkanes) is 2. The van der Waals surface area contributed by atoms with Gasteiger partial charge < -0.3 is 80.7 Å². The first kappa shape index (κ1) is 55.7. The fourth-order valence-electron chi connectivity index (χ4n) is 2.64. The van der Waals surface area contributed by atoms with Crippen LogP contribution in [0.5, 0.6) is 0 Å². The molecule has 0 fully saturated rings. The zero-order valence-corrected chi connectivity index (χ0v) is 31.2. The number of alkyl carbamates (subject to hydrolysis) is 2. The van der Waals surface area contributed by atoms with Gasteiger partial charge in [-0.05, 0) is 19.3 Å². The summed E-state index contributed by atoms with van der Waals surface area (Å²) in [6.07, 6.45) is 1.16. The van der Waals surface area contributed by atoms with Gasteiger partial charge in [-0.3, -0.25) is 24.0 Å². The molecule has 0 aliphatic carbocycles. The van der Waals surface area contributed by atoms with Crippen LogP contribution >= 0.6 is 0 Å². The highest BCUT2D eigenvalue weighted by Gasteiger charge is 2.02. The van der Waals surface area contributed by atoms with Gasteiger partial charge in [0.2, 0.25) is 23.6 Å². The predicted molar refractivity (Wildman–Crippen MR) is 185 cm³/mol. The maximum atomic E-state index is 10.6. The lowest BCUT2D eigenvalue weighted by molar-refractivity contribution is -0.143. The average molecular weight is 791 g/mol. The molecular weight excluding hydrogens is 732 g/mol. The Kier molecular flexibility index (Phi) is 45.5. The molecule has 24 heteroatoms. The van der Waals surface area contributed by atoms with Gasteiger partial charge in [0.05, 0.1) is 47.6 Å². The summed E-state index contributed by atoms with van der Waals surface area (Å²) in [6.45, 7) is 2.63. The Morgan fingerprint density at radius 1 is 0.444 bits per heavy atom. The molecule has 0 heterocycles. The van der Waals surface area contributed by atoms with Gasteiger partial charge in [0.25, 0.3) is 0 Å². The summed E-state index contributed by atoms with van der Waals surface area (Å²) < 4.78 is 27.0. The average Bonchev–Trinajstić information content (AvgIpc) is 3.19. The Balaban J connectivity index is -0.000000310. The normalized spacial score (nSPS) is 9.26. The molecule has 0 rings (SSSR count). The zero-order chi connectivity index (χ0) is 41.8. The zero-order valence-electron chi connectivity index (χ0n) is 31.2. The molecule has 24 nitrogen and oxygen atoms in total. The molecule has 0 saturated carbocycles. The maximum absolute atomic E-state index is 10.6. The van der Waals surface area contributed by atoms with Crippen molar-refractivity contribution < 1.29 is 87.2 Å². The number of esters is 1. The highest BCUT2D eigenvalue weighted by molar-refractivity contribution is 5.78. The molecule has 0 spiro atoms. The number of rotatable bonds is 23. The van der Waals surface area contributed by atoms with Crippen molar-refractivity contribution in [3.8, 4) is 0 Å². The van der Waals surface area contributed by atoms with Crippen LogP contribution < -0.4 is 31.9 Å². The summed E-state index contributed by atoms with van der Waals surface area (Å²) >= 11 is 0. The molecule has 0 radical (unpaired) electrons. The number of hydrogen-bond acceptors (Lipinski definition) is 18. The first-order valence-electron chi connectivity index (χ1n) is 16.4. The molecule has 0 aromatic heterocycles. The molecule has 54 heavy (non-hydrogen) atoms. The van der Waals surface area contributed by atoms with E-state index in [1.54, 1.807) is 6.92 Å². The van der Waals surface area contributed by atoms with Crippen molar-refractivity contribution in [2.45, 2.75) is 32.6 Å². The highest BCUT2D eigenvalue weighted by atomic mass is 16.7. The van der Waals surface area contributed by atoms with Crippen LogP contribution in [0.3, 0.4) is 0 Å². The largest absolute Gasteiger partial charge is 0.508 e. The third-order valence-electron chi connectivity index (χ3n) is 5.26. The number of nitrogens with one attached hydrogen (secondary N) is 6. The Morgan fingerprint density at radius 2 is 0.796 bits per heavy atom. The van der Waals surface area contributed by atoms with Gasteiger partial charge in [-0.2, -0.15) is 0 Å². The van der Waals surface area contributed by atoms with Crippen molar-refractivity contribution in [2.75, 3.05) is 113 Å². The Bertz CT molecular complexity index is 868. The number of methoxy groups -OCH3 is 3. The molecule has 0 atom stereocenters. The van der Waals surface area contributed by atoms with Crippen molar-refractivity contribution in [3.05, 3.63) is 0 Å². The van der Waals surface area contributed by atoms with Gasteiger partial charge in [-0.15, -0.1) is 0 Å². The summed E-state index contributed by atoms with van der Waals surface area (Å²) in [5.41, 5.74) is 0.